The van der Waals surface area contributed by atoms with E-state index in [4.69, 9.17) is 0 Å². The van der Waals surface area contributed by atoms with E-state index in [2.05, 4.69) is 145 Å². The molecule has 0 saturated heterocycles. The Bertz CT molecular complexity index is 1570. The highest BCUT2D eigenvalue weighted by atomic mass is 14.9. The SMILES string of the molecule is c1ccc(-c2ccc(Nc3ccc(-c4ccc5ccc(-c6ccccc6)cc5c4)cc3)cc2)cc1. The Hall–Kier alpha value is -4.62. The predicted octanol–water partition coefficient (Wildman–Crippen LogP) is 9.58. The third-order valence-electron chi connectivity index (χ3n) is 6.45. The van der Waals surface area contributed by atoms with Crippen molar-refractivity contribution < 1.29 is 0 Å². The van der Waals surface area contributed by atoms with Gasteiger partial charge < -0.3 is 5.32 Å². The van der Waals surface area contributed by atoms with Gasteiger partial charge in [-0.2, -0.15) is 0 Å². The topological polar surface area (TPSA) is 12.0 Å². The van der Waals surface area contributed by atoms with Gasteiger partial charge in [0.2, 0.25) is 0 Å². The van der Waals surface area contributed by atoms with Gasteiger partial charge in [0.25, 0.3) is 0 Å². The Kier molecular flexibility index (Phi) is 5.58. The molecule has 1 heteroatoms. The lowest BCUT2D eigenvalue weighted by Gasteiger charge is -2.10. The van der Waals surface area contributed by atoms with Crippen molar-refractivity contribution in [2.75, 3.05) is 5.32 Å². The first-order valence-electron chi connectivity index (χ1n) is 11.9. The molecule has 0 spiro atoms. The van der Waals surface area contributed by atoms with Gasteiger partial charge in [0, 0.05) is 11.4 Å². The van der Waals surface area contributed by atoms with Gasteiger partial charge in [0.1, 0.15) is 0 Å². The van der Waals surface area contributed by atoms with Crippen LogP contribution in [0.3, 0.4) is 0 Å². The van der Waals surface area contributed by atoms with E-state index in [1.807, 2.05) is 6.07 Å². The highest BCUT2D eigenvalue weighted by Crippen LogP contribution is 2.30. The summed E-state index contributed by atoms with van der Waals surface area (Å²) in [5.41, 5.74) is 9.53. The molecule has 6 aromatic carbocycles. The molecule has 0 fully saturated rings. The summed E-state index contributed by atoms with van der Waals surface area (Å²) in [6.45, 7) is 0. The lowest BCUT2D eigenvalue weighted by atomic mass is 9.97. The molecule has 1 N–H and O–H groups in total. The van der Waals surface area contributed by atoms with Gasteiger partial charge in [0.05, 0.1) is 0 Å². The first kappa shape index (κ1) is 20.9. The lowest BCUT2D eigenvalue weighted by Crippen LogP contribution is -1.90. The fraction of sp³-hybridized carbons (Fsp3) is 0. The monoisotopic (exact) mass is 447 g/mol. The number of benzene rings is 6. The summed E-state index contributed by atoms with van der Waals surface area (Å²) >= 11 is 0. The number of hydrogen-bond donors (Lipinski definition) is 1. The largest absolute Gasteiger partial charge is 0.356 e. The highest BCUT2D eigenvalue weighted by Gasteiger charge is 2.04. The Morgan fingerprint density at radius 1 is 0.286 bits per heavy atom. The third kappa shape index (κ3) is 4.58. The van der Waals surface area contributed by atoms with Crippen molar-refractivity contribution in [3.8, 4) is 33.4 Å². The van der Waals surface area contributed by atoms with Crippen LogP contribution in [0.5, 0.6) is 0 Å². The van der Waals surface area contributed by atoms with Gasteiger partial charge in [-0.3, -0.25) is 0 Å². The molecule has 0 aromatic heterocycles. The van der Waals surface area contributed by atoms with E-state index < -0.39 is 0 Å². The van der Waals surface area contributed by atoms with E-state index in [0.29, 0.717) is 0 Å². The number of nitrogens with one attached hydrogen (secondary N) is 1. The van der Waals surface area contributed by atoms with Crippen LogP contribution in [-0.4, -0.2) is 0 Å². The minimum atomic E-state index is 1.08. The third-order valence-corrected chi connectivity index (χ3v) is 6.45. The minimum absolute atomic E-state index is 1.08. The summed E-state index contributed by atoms with van der Waals surface area (Å²) in [5.74, 6) is 0. The van der Waals surface area contributed by atoms with Crippen molar-refractivity contribution in [1.29, 1.82) is 0 Å². The van der Waals surface area contributed by atoms with Crippen LogP contribution >= 0.6 is 0 Å². The molecule has 0 heterocycles. The molecule has 0 saturated carbocycles. The van der Waals surface area contributed by atoms with Crippen molar-refractivity contribution in [3.63, 3.8) is 0 Å². The smallest absolute Gasteiger partial charge is 0.0384 e. The second-order valence-electron chi connectivity index (χ2n) is 8.79. The molecular formula is C34H25N. The average molecular weight is 448 g/mol. The Morgan fingerprint density at radius 2 is 0.657 bits per heavy atom. The second kappa shape index (κ2) is 9.32. The van der Waals surface area contributed by atoms with E-state index in [9.17, 15) is 0 Å². The van der Waals surface area contributed by atoms with Crippen LogP contribution in [0.4, 0.5) is 11.4 Å². The van der Waals surface area contributed by atoms with Crippen LogP contribution in [-0.2, 0) is 0 Å². The summed E-state index contributed by atoms with van der Waals surface area (Å²) in [6.07, 6.45) is 0. The molecule has 166 valence electrons. The quantitative estimate of drug-likeness (QED) is 0.277. The Morgan fingerprint density at radius 3 is 1.14 bits per heavy atom. The van der Waals surface area contributed by atoms with E-state index in [1.54, 1.807) is 0 Å². The molecule has 0 aliphatic rings. The van der Waals surface area contributed by atoms with Crippen LogP contribution in [0.15, 0.2) is 146 Å². The molecule has 1 nitrogen and oxygen atoms in total. The molecule has 0 aliphatic heterocycles. The van der Waals surface area contributed by atoms with E-state index in [-0.39, 0.29) is 0 Å². The first-order chi connectivity index (χ1) is 17.3. The number of anilines is 2. The Labute approximate surface area is 206 Å². The van der Waals surface area contributed by atoms with Gasteiger partial charge in [-0.25, -0.2) is 0 Å². The second-order valence-corrected chi connectivity index (χ2v) is 8.79. The first-order valence-corrected chi connectivity index (χ1v) is 11.9. The van der Waals surface area contributed by atoms with Gasteiger partial charge in [-0.15, -0.1) is 0 Å². The Balaban J connectivity index is 1.21. The van der Waals surface area contributed by atoms with Crippen molar-refractivity contribution in [2.24, 2.45) is 0 Å². The zero-order valence-electron chi connectivity index (χ0n) is 19.4. The van der Waals surface area contributed by atoms with Crippen LogP contribution in [0.1, 0.15) is 0 Å². The zero-order valence-corrected chi connectivity index (χ0v) is 19.4. The maximum absolute atomic E-state index is 3.52. The molecule has 6 rings (SSSR count). The van der Waals surface area contributed by atoms with E-state index >= 15 is 0 Å². The van der Waals surface area contributed by atoms with Gasteiger partial charge in [-0.05, 0) is 80.6 Å². The highest BCUT2D eigenvalue weighted by molar-refractivity contribution is 5.91. The minimum Gasteiger partial charge on any atom is -0.356 e. The molecule has 0 amide bonds. The summed E-state index contributed by atoms with van der Waals surface area (Å²) < 4.78 is 0. The molecule has 0 atom stereocenters. The zero-order chi connectivity index (χ0) is 23.5. The lowest BCUT2D eigenvalue weighted by molar-refractivity contribution is 1.54. The maximum Gasteiger partial charge on any atom is 0.0384 e. The van der Waals surface area contributed by atoms with E-state index in [1.165, 1.54) is 44.2 Å². The van der Waals surface area contributed by atoms with Crippen molar-refractivity contribution >= 4 is 22.1 Å². The van der Waals surface area contributed by atoms with E-state index in [0.717, 1.165) is 11.4 Å². The summed E-state index contributed by atoms with van der Waals surface area (Å²) in [4.78, 5) is 0. The van der Waals surface area contributed by atoms with Crippen LogP contribution in [0.2, 0.25) is 0 Å². The molecule has 0 unspecified atom stereocenters. The molecule has 0 radical (unpaired) electrons. The summed E-state index contributed by atoms with van der Waals surface area (Å²) in [7, 11) is 0. The number of hydrogen-bond acceptors (Lipinski definition) is 1. The van der Waals surface area contributed by atoms with Gasteiger partial charge in [-0.1, -0.05) is 109 Å². The van der Waals surface area contributed by atoms with Gasteiger partial charge in [0.15, 0.2) is 0 Å². The molecule has 6 aromatic rings. The normalized spacial score (nSPS) is 10.9. The maximum atomic E-state index is 3.52. The molecule has 0 bridgehead atoms. The van der Waals surface area contributed by atoms with Crippen LogP contribution < -0.4 is 5.32 Å². The molecular weight excluding hydrogens is 422 g/mol. The fourth-order valence-electron chi connectivity index (χ4n) is 4.53. The summed E-state index contributed by atoms with van der Waals surface area (Å²) in [6, 6.07) is 51.6. The van der Waals surface area contributed by atoms with Crippen molar-refractivity contribution in [1.82, 2.24) is 0 Å². The van der Waals surface area contributed by atoms with Crippen LogP contribution in [0.25, 0.3) is 44.2 Å². The summed E-state index contributed by atoms with van der Waals surface area (Å²) in [5, 5.41) is 6.03. The predicted molar refractivity (Wildman–Crippen MR) is 150 cm³/mol. The van der Waals surface area contributed by atoms with Crippen molar-refractivity contribution in [3.05, 3.63) is 146 Å². The number of rotatable bonds is 5. The van der Waals surface area contributed by atoms with Crippen LogP contribution in [0, 0.1) is 0 Å². The molecule has 35 heavy (non-hydrogen) atoms. The fourth-order valence-corrected chi connectivity index (χ4v) is 4.53. The molecule has 0 aliphatic carbocycles. The standard InChI is InChI=1S/C34H25N/c1-3-7-25(8-4-1)27-15-19-33(20-16-27)35-34-21-17-28(18-22-34)31-14-12-29-11-13-30(23-32(29)24-31)26-9-5-2-6-10-26/h1-24,35H. The van der Waals surface area contributed by atoms with Crippen molar-refractivity contribution in [2.45, 2.75) is 0 Å². The van der Waals surface area contributed by atoms with Gasteiger partial charge >= 0.3 is 0 Å². The average Bonchev–Trinajstić information content (AvgIpc) is 2.94. The number of fused-ring (bicyclic) bond motifs is 1.